The van der Waals surface area contributed by atoms with Gasteiger partial charge in [-0.15, -0.1) is 0 Å². The fourth-order valence-electron chi connectivity index (χ4n) is 4.66. The molecule has 4 rings (SSSR count). The molecule has 1 aliphatic heterocycles. The summed E-state index contributed by atoms with van der Waals surface area (Å²) in [5.41, 5.74) is 0.971. The van der Waals surface area contributed by atoms with Gasteiger partial charge in [-0.2, -0.15) is 0 Å². The Morgan fingerprint density at radius 1 is 1.03 bits per heavy atom. The third-order valence-electron chi connectivity index (χ3n) is 6.75. The van der Waals surface area contributed by atoms with Crippen molar-refractivity contribution in [3.05, 3.63) is 29.8 Å². The van der Waals surface area contributed by atoms with Crippen LogP contribution in [0.15, 0.2) is 24.3 Å². The van der Waals surface area contributed by atoms with Crippen molar-refractivity contribution in [1.29, 1.82) is 0 Å². The standard InChI is InChI=1S/C24H33N3O5/c28-21(25-17-24(10-2-1-3-11-24)27-12-14-31-15-13-27)16-32-23(30)19-6-8-20(9-7-19)26-22(29)18-4-5-18/h6-9,18H,1-5,10-17H2,(H,25,28)(H,26,29). The highest BCUT2D eigenvalue weighted by atomic mass is 16.5. The van der Waals surface area contributed by atoms with Gasteiger partial charge in [-0.25, -0.2) is 4.79 Å². The molecule has 8 nitrogen and oxygen atoms in total. The summed E-state index contributed by atoms with van der Waals surface area (Å²) in [6.07, 6.45) is 7.57. The van der Waals surface area contributed by atoms with E-state index < -0.39 is 5.97 Å². The second-order valence-corrected chi connectivity index (χ2v) is 9.08. The first-order valence-electron chi connectivity index (χ1n) is 11.7. The number of carbonyl (C=O) groups excluding carboxylic acids is 3. The van der Waals surface area contributed by atoms with Crippen LogP contribution in [-0.4, -0.2) is 67.7 Å². The van der Waals surface area contributed by atoms with Crippen LogP contribution in [-0.2, 0) is 19.1 Å². The predicted molar refractivity (Wildman–Crippen MR) is 119 cm³/mol. The van der Waals surface area contributed by atoms with Crippen molar-refractivity contribution in [3.63, 3.8) is 0 Å². The minimum absolute atomic E-state index is 0.0183. The summed E-state index contributed by atoms with van der Waals surface area (Å²) in [4.78, 5) is 39.0. The summed E-state index contributed by atoms with van der Waals surface area (Å²) in [6, 6.07) is 6.54. The topological polar surface area (TPSA) is 97.0 Å². The minimum Gasteiger partial charge on any atom is -0.452 e. The zero-order valence-electron chi connectivity index (χ0n) is 18.6. The molecule has 1 aromatic rings. The molecule has 2 saturated carbocycles. The third kappa shape index (κ3) is 5.86. The number of nitrogens with one attached hydrogen (secondary N) is 2. The number of morpholine rings is 1. The Kier molecular flexibility index (Phi) is 7.42. The number of benzene rings is 1. The highest BCUT2D eigenvalue weighted by Crippen LogP contribution is 2.34. The summed E-state index contributed by atoms with van der Waals surface area (Å²) in [6.45, 7) is 3.51. The molecule has 8 heteroatoms. The number of amides is 2. The Balaban J connectivity index is 1.23. The van der Waals surface area contributed by atoms with Crippen LogP contribution < -0.4 is 10.6 Å². The van der Waals surface area contributed by atoms with Crippen molar-refractivity contribution in [2.75, 3.05) is 44.8 Å². The molecule has 1 aromatic carbocycles. The highest BCUT2D eigenvalue weighted by Gasteiger charge is 2.38. The van der Waals surface area contributed by atoms with Crippen molar-refractivity contribution >= 4 is 23.5 Å². The van der Waals surface area contributed by atoms with Crippen molar-refractivity contribution in [1.82, 2.24) is 10.2 Å². The molecule has 2 aliphatic carbocycles. The molecule has 0 bridgehead atoms. The molecule has 1 saturated heterocycles. The van der Waals surface area contributed by atoms with Crippen LogP contribution in [0.4, 0.5) is 5.69 Å². The van der Waals surface area contributed by atoms with Crippen LogP contribution in [0, 0.1) is 5.92 Å². The lowest BCUT2D eigenvalue weighted by molar-refractivity contribution is -0.125. The number of carbonyl (C=O) groups is 3. The number of esters is 1. The van der Waals surface area contributed by atoms with Gasteiger partial charge in [0, 0.05) is 36.8 Å². The second-order valence-electron chi connectivity index (χ2n) is 9.08. The number of anilines is 1. The van der Waals surface area contributed by atoms with Crippen molar-refractivity contribution in [3.8, 4) is 0 Å². The average Bonchev–Trinajstić information content (AvgIpc) is 3.69. The number of rotatable bonds is 8. The van der Waals surface area contributed by atoms with Crippen molar-refractivity contribution < 1.29 is 23.9 Å². The maximum absolute atomic E-state index is 12.4. The lowest BCUT2D eigenvalue weighted by atomic mass is 9.79. The molecule has 0 aromatic heterocycles. The van der Waals surface area contributed by atoms with Crippen molar-refractivity contribution in [2.45, 2.75) is 50.5 Å². The van der Waals surface area contributed by atoms with Crippen LogP contribution in [0.3, 0.4) is 0 Å². The number of ether oxygens (including phenoxy) is 2. The minimum atomic E-state index is -0.555. The summed E-state index contributed by atoms with van der Waals surface area (Å²) < 4.78 is 10.7. The van der Waals surface area contributed by atoms with Gasteiger partial charge in [-0.05, 0) is 49.9 Å². The monoisotopic (exact) mass is 443 g/mol. The average molecular weight is 444 g/mol. The first-order chi connectivity index (χ1) is 15.6. The molecule has 2 amide bonds. The van der Waals surface area contributed by atoms with Gasteiger partial charge in [-0.1, -0.05) is 19.3 Å². The van der Waals surface area contributed by atoms with Gasteiger partial charge in [0.25, 0.3) is 5.91 Å². The molecule has 2 N–H and O–H groups in total. The third-order valence-corrected chi connectivity index (χ3v) is 6.75. The van der Waals surface area contributed by atoms with Gasteiger partial charge < -0.3 is 20.1 Å². The zero-order chi connectivity index (χ0) is 22.4. The van der Waals surface area contributed by atoms with Gasteiger partial charge >= 0.3 is 5.97 Å². The molecule has 32 heavy (non-hydrogen) atoms. The number of hydrogen-bond acceptors (Lipinski definition) is 6. The molecule has 0 atom stereocenters. The molecule has 0 unspecified atom stereocenters. The van der Waals surface area contributed by atoms with Crippen LogP contribution in [0.1, 0.15) is 55.3 Å². The van der Waals surface area contributed by atoms with E-state index in [1.54, 1.807) is 24.3 Å². The summed E-state index contributed by atoms with van der Waals surface area (Å²) in [5, 5.41) is 5.83. The van der Waals surface area contributed by atoms with E-state index in [0.717, 1.165) is 52.0 Å². The van der Waals surface area contributed by atoms with Gasteiger partial charge in [0.05, 0.1) is 18.8 Å². The van der Waals surface area contributed by atoms with Crippen LogP contribution in [0.25, 0.3) is 0 Å². The lowest BCUT2D eigenvalue weighted by Crippen LogP contribution is -2.59. The Morgan fingerprint density at radius 3 is 2.38 bits per heavy atom. The molecule has 0 spiro atoms. The Labute approximate surface area is 189 Å². The van der Waals surface area contributed by atoms with E-state index in [9.17, 15) is 14.4 Å². The Bertz CT molecular complexity index is 809. The lowest BCUT2D eigenvalue weighted by Gasteiger charge is -2.48. The van der Waals surface area contributed by atoms with E-state index in [1.807, 2.05) is 0 Å². The maximum atomic E-state index is 12.4. The SMILES string of the molecule is O=C(COC(=O)c1ccc(NC(=O)C2CC2)cc1)NCC1(N2CCOCC2)CCCCC1. The zero-order valence-corrected chi connectivity index (χ0v) is 18.6. The smallest absolute Gasteiger partial charge is 0.338 e. The molecule has 0 radical (unpaired) electrons. The molecular weight excluding hydrogens is 410 g/mol. The van der Waals surface area contributed by atoms with E-state index in [4.69, 9.17) is 9.47 Å². The van der Waals surface area contributed by atoms with Gasteiger partial charge in [0.1, 0.15) is 0 Å². The Hall–Kier alpha value is -2.45. The molecule has 174 valence electrons. The van der Waals surface area contributed by atoms with Crippen LogP contribution in [0.5, 0.6) is 0 Å². The first-order valence-corrected chi connectivity index (χ1v) is 11.7. The van der Waals surface area contributed by atoms with E-state index in [-0.39, 0.29) is 29.9 Å². The predicted octanol–water partition coefficient (Wildman–Crippen LogP) is 2.34. The second kappa shape index (κ2) is 10.4. The summed E-state index contributed by atoms with van der Waals surface area (Å²) in [7, 11) is 0. The number of nitrogens with zero attached hydrogens (tertiary/aromatic N) is 1. The van der Waals surface area contributed by atoms with Gasteiger partial charge in [0.2, 0.25) is 5.91 Å². The largest absolute Gasteiger partial charge is 0.452 e. The molecule has 3 fully saturated rings. The first kappa shape index (κ1) is 22.7. The van der Waals surface area contributed by atoms with E-state index >= 15 is 0 Å². The quantitative estimate of drug-likeness (QED) is 0.599. The van der Waals surface area contributed by atoms with E-state index in [2.05, 4.69) is 15.5 Å². The summed E-state index contributed by atoms with van der Waals surface area (Å²) >= 11 is 0. The van der Waals surface area contributed by atoms with Crippen molar-refractivity contribution in [2.24, 2.45) is 5.92 Å². The van der Waals surface area contributed by atoms with Crippen LogP contribution >= 0.6 is 0 Å². The van der Waals surface area contributed by atoms with E-state index in [1.165, 1.54) is 19.3 Å². The molecule has 1 heterocycles. The van der Waals surface area contributed by atoms with E-state index in [0.29, 0.717) is 17.8 Å². The Morgan fingerprint density at radius 2 is 1.72 bits per heavy atom. The fourth-order valence-corrected chi connectivity index (χ4v) is 4.66. The molecular formula is C24H33N3O5. The fraction of sp³-hybridized carbons (Fsp3) is 0.625. The highest BCUT2D eigenvalue weighted by molar-refractivity contribution is 5.95. The van der Waals surface area contributed by atoms with Gasteiger partial charge in [-0.3, -0.25) is 14.5 Å². The summed E-state index contributed by atoms with van der Waals surface area (Å²) in [5.74, 6) is -0.704. The molecule has 3 aliphatic rings. The number of hydrogen-bond donors (Lipinski definition) is 2. The normalized spacial score (nSPS) is 20.9. The van der Waals surface area contributed by atoms with Gasteiger partial charge in [0.15, 0.2) is 6.61 Å². The van der Waals surface area contributed by atoms with Crippen LogP contribution in [0.2, 0.25) is 0 Å². The maximum Gasteiger partial charge on any atom is 0.338 e.